The molecule has 0 spiro atoms. The number of aryl methyl sites for hydroxylation is 1. The highest BCUT2D eigenvalue weighted by Gasteiger charge is 2.33. The van der Waals surface area contributed by atoms with Gasteiger partial charge in [-0.3, -0.25) is 4.57 Å². The van der Waals surface area contributed by atoms with Crippen LogP contribution in [0.2, 0.25) is 5.02 Å². The fourth-order valence-corrected chi connectivity index (χ4v) is 2.96. The summed E-state index contributed by atoms with van der Waals surface area (Å²) in [5.74, 6) is 0.208. The molecule has 0 unspecified atom stereocenters. The molecule has 4 nitrogen and oxygen atoms in total. The van der Waals surface area contributed by atoms with Gasteiger partial charge in [-0.05, 0) is 36.8 Å². The van der Waals surface area contributed by atoms with Gasteiger partial charge < -0.3 is 5.32 Å². The van der Waals surface area contributed by atoms with Gasteiger partial charge >= 0.3 is 11.9 Å². The summed E-state index contributed by atoms with van der Waals surface area (Å²) in [5.41, 5.74) is -1.14. The highest BCUT2D eigenvalue weighted by atomic mass is 35.5. The molecule has 0 aliphatic carbocycles. The molecule has 130 valence electrons. The third-order valence-corrected chi connectivity index (χ3v) is 4.19. The van der Waals surface area contributed by atoms with Crippen molar-refractivity contribution in [2.75, 3.05) is 12.4 Å². The number of rotatable bonds is 2. The van der Waals surface area contributed by atoms with Crippen molar-refractivity contribution in [3.8, 4) is 5.69 Å². The lowest BCUT2D eigenvalue weighted by molar-refractivity contribution is -0.137. The minimum Gasteiger partial charge on any atom is -0.372 e. The molecule has 0 aliphatic heterocycles. The van der Waals surface area contributed by atoms with Gasteiger partial charge in [0.05, 0.1) is 21.8 Å². The van der Waals surface area contributed by atoms with E-state index in [9.17, 15) is 18.0 Å². The van der Waals surface area contributed by atoms with Crippen molar-refractivity contribution in [2.45, 2.75) is 13.1 Å². The molecule has 1 heterocycles. The Morgan fingerprint density at radius 2 is 1.88 bits per heavy atom. The van der Waals surface area contributed by atoms with Crippen molar-refractivity contribution in [1.82, 2.24) is 9.55 Å². The number of anilines is 1. The van der Waals surface area contributed by atoms with Crippen molar-refractivity contribution in [3.63, 3.8) is 0 Å². The average Bonchev–Trinajstić information content (AvgIpc) is 2.54. The van der Waals surface area contributed by atoms with E-state index in [0.29, 0.717) is 5.39 Å². The Kier molecular flexibility index (Phi) is 4.20. The number of aromatic nitrogens is 2. The first-order valence-corrected chi connectivity index (χ1v) is 7.69. The third-order valence-electron chi connectivity index (χ3n) is 3.87. The lowest BCUT2D eigenvalue weighted by Crippen LogP contribution is -2.24. The first-order valence-electron chi connectivity index (χ1n) is 7.31. The first kappa shape index (κ1) is 17.3. The van der Waals surface area contributed by atoms with Gasteiger partial charge in [-0.2, -0.15) is 18.2 Å². The summed E-state index contributed by atoms with van der Waals surface area (Å²) in [4.78, 5) is 16.4. The van der Waals surface area contributed by atoms with Gasteiger partial charge in [0, 0.05) is 12.4 Å². The summed E-state index contributed by atoms with van der Waals surface area (Å²) in [6.45, 7) is 1.37. The maximum Gasteiger partial charge on any atom is 0.416 e. The number of nitrogens with zero attached hydrogens (tertiary/aromatic N) is 2. The number of hydrogen-bond acceptors (Lipinski definition) is 3. The van der Waals surface area contributed by atoms with E-state index in [1.165, 1.54) is 13.0 Å². The Bertz CT molecular complexity index is 1030. The van der Waals surface area contributed by atoms with Crippen LogP contribution in [-0.4, -0.2) is 16.6 Å². The summed E-state index contributed by atoms with van der Waals surface area (Å²) in [6, 6.07) is 8.74. The molecule has 2 aromatic carbocycles. The van der Waals surface area contributed by atoms with Gasteiger partial charge in [0.25, 0.3) is 0 Å². The maximum atomic E-state index is 13.3. The highest BCUT2D eigenvalue weighted by molar-refractivity contribution is 6.32. The van der Waals surface area contributed by atoms with Crippen molar-refractivity contribution in [1.29, 1.82) is 0 Å². The van der Waals surface area contributed by atoms with Crippen LogP contribution in [0.3, 0.4) is 0 Å². The molecular weight excluding hydrogens is 355 g/mol. The molecule has 0 aliphatic rings. The second-order valence-electron chi connectivity index (χ2n) is 5.46. The fourth-order valence-electron chi connectivity index (χ4n) is 2.74. The van der Waals surface area contributed by atoms with Crippen LogP contribution in [0.5, 0.6) is 0 Å². The Morgan fingerprint density at radius 1 is 1.20 bits per heavy atom. The summed E-state index contributed by atoms with van der Waals surface area (Å²) in [7, 11) is 1.55. The van der Waals surface area contributed by atoms with E-state index in [2.05, 4.69) is 10.3 Å². The van der Waals surface area contributed by atoms with Crippen molar-refractivity contribution < 1.29 is 13.2 Å². The van der Waals surface area contributed by atoms with Gasteiger partial charge in [0.1, 0.15) is 5.82 Å². The largest absolute Gasteiger partial charge is 0.416 e. The van der Waals surface area contributed by atoms with E-state index in [1.807, 2.05) is 0 Å². The Labute approximate surface area is 145 Å². The summed E-state index contributed by atoms with van der Waals surface area (Å²) in [6.07, 6.45) is -4.54. The molecule has 0 bridgehead atoms. The minimum absolute atomic E-state index is 0.0441. The molecule has 0 radical (unpaired) electrons. The van der Waals surface area contributed by atoms with E-state index in [1.54, 1.807) is 31.3 Å². The van der Waals surface area contributed by atoms with E-state index in [-0.39, 0.29) is 27.6 Å². The number of nitrogens with one attached hydrogen (secondary N) is 1. The molecular formula is C17H13ClF3N3O. The number of halogens is 4. The number of para-hydroxylation sites is 1. The number of hydrogen-bond donors (Lipinski definition) is 1. The van der Waals surface area contributed by atoms with E-state index < -0.39 is 17.4 Å². The average molecular weight is 368 g/mol. The van der Waals surface area contributed by atoms with Gasteiger partial charge in [0.2, 0.25) is 0 Å². The molecule has 3 rings (SSSR count). The smallest absolute Gasteiger partial charge is 0.372 e. The fraction of sp³-hybridized carbons (Fsp3) is 0.176. The van der Waals surface area contributed by atoms with Crippen LogP contribution in [-0.2, 0) is 6.18 Å². The van der Waals surface area contributed by atoms with Gasteiger partial charge in [-0.25, -0.2) is 4.79 Å². The second kappa shape index (κ2) is 6.07. The van der Waals surface area contributed by atoms with Gasteiger partial charge in [-0.1, -0.05) is 23.7 Å². The quantitative estimate of drug-likeness (QED) is 0.730. The standard InChI is InChI=1S/C17H13ClF3N3O/c1-9-7-10-14(8-11(9)17(19,20)21)24(16(25)23-15(10)22-2)13-6-4-3-5-12(13)18/h3-8H,1-2H3,(H,22,23,25). The summed E-state index contributed by atoms with van der Waals surface area (Å²) >= 11 is 6.14. The Balaban J connectivity index is 2.51. The highest BCUT2D eigenvalue weighted by Crippen LogP contribution is 2.36. The van der Waals surface area contributed by atoms with E-state index in [0.717, 1.165) is 10.6 Å². The monoisotopic (exact) mass is 367 g/mol. The number of fused-ring (bicyclic) bond motifs is 1. The molecule has 3 aromatic rings. The normalized spacial score (nSPS) is 11.8. The zero-order chi connectivity index (χ0) is 18.4. The van der Waals surface area contributed by atoms with Crippen molar-refractivity contribution in [3.05, 3.63) is 63.0 Å². The van der Waals surface area contributed by atoms with Gasteiger partial charge in [-0.15, -0.1) is 0 Å². The topological polar surface area (TPSA) is 46.9 Å². The molecule has 0 atom stereocenters. The number of benzene rings is 2. The summed E-state index contributed by atoms with van der Waals surface area (Å²) < 4.78 is 41.1. The minimum atomic E-state index is -4.54. The molecule has 8 heteroatoms. The zero-order valence-corrected chi connectivity index (χ0v) is 14.0. The Morgan fingerprint density at radius 3 is 2.48 bits per heavy atom. The molecule has 0 saturated carbocycles. The SMILES string of the molecule is CNc1nc(=O)n(-c2ccccc2Cl)c2cc(C(F)(F)F)c(C)cc12. The lowest BCUT2D eigenvalue weighted by atomic mass is 10.0. The van der Waals surface area contributed by atoms with E-state index >= 15 is 0 Å². The van der Waals surface area contributed by atoms with Crippen LogP contribution in [0.15, 0.2) is 41.2 Å². The van der Waals surface area contributed by atoms with Crippen molar-refractivity contribution in [2.24, 2.45) is 0 Å². The summed E-state index contributed by atoms with van der Waals surface area (Å²) in [5, 5.41) is 3.38. The zero-order valence-electron chi connectivity index (χ0n) is 13.3. The van der Waals surface area contributed by atoms with Crippen LogP contribution in [0.1, 0.15) is 11.1 Å². The predicted molar refractivity (Wildman–Crippen MR) is 91.6 cm³/mol. The second-order valence-corrected chi connectivity index (χ2v) is 5.87. The lowest BCUT2D eigenvalue weighted by Gasteiger charge is -2.17. The molecule has 0 amide bonds. The van der Waals surface area contributed by atoms with E-state index in [4.69, 9.17) is 11.6 Å². The van der Waals surface area contributed by atoms with Crippen LogP contribution in [0.4, 0.5) is 19.0 Å². The third kappa shape index (κ3) is 2.95. The van der Waals surface area contributed by atoms with Crippen molar-refractivity contribution >= 4 is 28.3 Å². The molecule has 1 N–H and O–H groups in total. The predicted octanol–water partition coefficient (Wildman–Crippen LogP) is 4.41. The Hall–Kier alpha value is -2.54. The first-order chi connectivity index (χ1) is 11.7. The van der Waals surface area contributed by atoms with Crippen LogP contribution in [0.25, 0.3) is 16.6 Å². The van der Waals surface area contributed by atoms with Crippen LogP contribution < -0.4 is 11.0 Å². The molecule has 1 aromatic heterocycles. The molecule has 0 fully saturated rings. The number of alkyl halides is 3. The van der Waals surface area contributed by atoms with Crippen LogP contribution >= 0.6 is 11.6 Å². The molecule has 25 heavy (non-hydrogen) atoms. The van der Waals surface area contributed by atoms with Crippen LogP contribution in [0, 0.1) is 6.92 Å². The van der Waals surface area contributed by atoms with Gasteiger partial charge in [0.15, 0.2) is 0 Å². The molecule has 0 saturated heterocycles. The maximum absolute atomic E-state index is 13.3.